The summed E-state index contributed by atoms with van der Waals surface area (Å²) in [7, 11) is 0. The number of anilines is 2. The lowest BCUT2D eigenvalue weighted by Gasteiger charge is -2.25. The van der Waals surface area contributed by atoms with Crippen molar-refractivity contribution in [2.24, 2.45) is 0 Å². The Balaban J connectivity index is 2.01. The first kappa shape index (κ1) is 20.9. The number of nitrogens with two attached hydrogens (primary N) is 1. The lowest BCUT2D eigenvalue weighted by atomic mass is 10.2. The maximum absolute atomic E-state index is 13.2. The van der Waals surface area contributed by atoms with E-state index in [2.05, 4.69) is 4.98 Å². The molecule has 1 aliphatic heterocycles. The topological polar surface area (TPSA) is 106 Å². The van der Waals surface area contributed by atoms with Gasteiger partial charge in [-0.25, -0.2) is 4.79 Å². The standard InChI is InChI=1S/C21H29N5O3/c1-2-3-13-25-19(22)18(20(28)23-21(25)29)26(14-16-9-5-4-6-10-16)17(27)15-24-11-7-8-12-24/h4-6,9-10H,2-3,7-8,11-15,22H2,1H3,(H,23,28,29)/p+1. The molecule has 0 radical (unpaired) electrons. The molecule has 0 bridgehead atoms. The van der Waals surface area contributed by atoms with E-state index in [1.54, 1.807) is 0 Å². The summed E-state index contributed by atoms with van der Waals surface area (Å²) in [6.07, 6.45) is 3.84. The number of aromatic amines is 1. The summed E-state index contributed by atoms with van der Waals surface area (Å²) in [6.45, 7) is 4.85. The van der Waals surface area contributed by atoms with Gasteiger partial charge in [0.15, 0.2) is 12.2 Å². The maximum Gasteiger partial charge on any atom is 0.330 e. The highest BCUT2D eigenvalue weighted by atomic mass is 16.2. The third-order valence-electron chi connectivity index (χ3n) is 5.42. The van der Waals surface area contributed by atoms with Crippen LogP contribution in [0, 0.1) is 0 Å². The summed E-state index contributed by atoms with van der Waals surface area (Å²) in [4.78, 5) is 43.2. The average molecular weight is 401 g/mol. The molecule has 156 valence electrons. The van der Waals surface area contributed by atoms with Gasteiger partial charge < -0.3 is 10.6 Å². The van der Waals surface area contributed by atoms with Crippen LogP contribution in [0.2, 0.25) is 0 Å². The SMILES string of the molecule is CCCCn1c(N)c(N(Cc2ccccc2)C(=O)C[NH+]2CCCC2)c(=O)[nH]c1=O. The van der Waals surface area contributed by atoms with E-state index in [1.807, 2.05) is 37.3 Å². The van der Waals surface area contributed by atoms with E-state index >= 15 is 0 Å². The van der Waals surface area contributed by atoms with Gasteiger partial charge in [-0.15, -0.1) is 0 Å². The molecule has 0 unspecified atom stereocenters. The second-order valence-electron chi connectivity index (χ2n) is 7.60. The van der Waals surface area contributed by atoms with E-state index in [0.717, 1.165) is 44.3 Å². The van der Waals surface area contributed by atoms with Crippen molar-refractivity contribution in [1.82, 2.24) is 9.55 Å². The van der Waals surface area contributed by atoms with E-state index in [4.69, 9.17) is 5.73 Å². The minimum Gasteiger partial charge on any atom is -0.383 e. The number of unbranched alkanes of at least 4 members (excludes halogenated alkanes) is 1. The van der Waals surface area contributed by atoms with Gasteiger partial charge in [0.25, 0.3) is 11.5 Å². The first-order chi connectivity index (χ1) is 14.0. The minimum absolute atomic E-state index is 0.0490. The fourth-order valence-corrected chi connectivity index (χ4v) is 3.80. The summed E-state index contributed by atoms with van der Waals surface area (Å²) in [5.41, 5.74) is 6.06. The molecule has 0 saturated carbocycles. The lowest BCUT2D eigenvalue weighted by Crippen LogP contribution is -3.11. The molecular formula is C21H30N5O3+. The molecule has 1 saturated heterocycles. The van der Waals surface area contributed by atoms with Gasteiger partial charge in [-0.2, -0.15) is 0 Å². The Morgan fingerprint density at radius 2 is 1.90 bits per heavy atom. The van der Waals surface area contributed by atoms with Crippen LogP contribution in [0.4, 0.5) is 11.5 Å². The van der Waals surface area contributed by atoms with Crippen LogP contribution >= 0.6 is 0 Å². The first-order valence-corrected chi connectivity index (χ1v) is 10.3. The number of hydrogen-bond acceptors (Lipinski definition) is 4. The molecule has 8 heteroatoms. The Labute approximate surface area is 169 Å². The molecule has 1 fully saturated rings. The van der Waals surface area contributed by atoms with Crippen LogP contribution in [0.1, 0.15) is 38.2 Å². The molecule has 2 aromatic rings. The zero-order valence-electron chi connectivity index (χ0n) is 16.9. The van der Waals surface area contributed by atoms with Gasteiger partial charge in [0.05, 0.1) is 19.6 Å². The van der Waals surface area contributed by atoms with Crippen molar-refractivity contribution in [3.05, 3.63) is 56.7 Å². The van der Waals surface area contributed by atoms with E-state index < -0.39 is 11.2 Å². The van der Waals surface area contributed by atoms with Gasteiger partial charge in [0, 0.05) is 19.4 Å². The summed E-state index contributed by atoms with van der Waals surface area (Å²) in [5.74, 6) is -0.114. The van der Waals surface area contributed by atoms with Gasteiger partial charge in [-0.05, 0) is 12.0 Å². The number of nitrogens with zero attached hydrogens (tertiary/aromatic N) is 2. The Hall–Kier alpha value is -2.87. The fourth-order valence-electron chi connectivity index (χ4n) is 3.80. The third-order valence-corrected chi connectivity index (χ3v) is 5.42. The van der Waals surface area contributed by atoms with E-state index in [0.29, 0.717) is 13.1 Å². The van der Waals surface area contributed by atoms with Gasteiger partial charge >= 0.3 is 5.69 Å². The van der Waals surface area contributed by atoms with Gasteiger partial charge in [-0.1, -0.05) is 43.7 Å². The molecule has 3 rings (SSSR count). The number of carbonyl (C=O) groups is 1. The van der Waals surface area contributed by atoms with Crippen LogP contribution in [0.15, 0.2) is 39.9 Å². The molecule has 1 aromatic carbocycles. The number of quaternary nitrogens is 1. The van der Waals surface area contributed by atoms with Crippen molar-refractivity contribution in [1.29, 1.82) is 0 Å². The van der Waals surface area contributed by atoms with Crippen molar-refractivity contribution in [2.75, 3.05) is 30.3 Å². The number of aromatic nitrogens is 2. The van der Waals surface area contributed by atoms with Crippen LogP contribution in [0.5, 0.6) is 0 Å². The number of nitrogens with one attached hydrogen (secondary N) is 2. The largest absolute Gasteiger partial charge is 0.383 e. The second kappa shape index (κ2) is 9.56. The molecular weight excluding hydrogens is 370 g/mol. The van der Waals surface area contributed by atoms with Crippen molar-refractivity contribution in [2.45, 2.75) is 45.7 Å². The monoisotopic (exact) mass is 400 g/mol. The number of hydrogen-bond donors (Lipinski definition) is 3. The van der Waals surface area contributed by atoms with Gasteiger partial charge in [-0.3, -0.25) is 24.0 Å². The van der Waals surface area contributed by atoms with E-state index in [-0.39, 0.29) is 24.0 Å². The van der Waals surface area contributed by atoms with Crippen LogP contribution in [-0.4, -0.2) is 35.1 Å². The predicted molar refractivity (Wildman–Crippen MR) is 113 cm³/mol. The highest BCUT2D eigenvalue weighted by Crippen LogP contribution is 2.20. The molecule has 0 atom stereocenters. The third kappa shape index (κ3) is 4.95. The van der Waals surface area contributed by atoms with Gasteiger partial charge in [0.1, 0.15) is 5.82 Å². The number of H-pyrrole nitrogens is 1. The average Bonchev–Trinajstić information content (AvgIpc) is 3.20. The van der Waals surface area contributed by atoms with Crippen molar-refractivity contribution in [3.8, 4) is 0 Å². The maximum atomic E-state index is 13.2. The number of likely N-dealkylation sites (tertiary alicyclic amines) is 1. The molecule has 0 spiro atoms. The molecule has 4 N–H and O–H groups in total. The zero-order chi connectivity index (χ0) is 20.8. The minimum atomic E-state index is -0.624. The highest BCUT2D eigenvalue weighted by molar-refractivity contribution is 5.96. The molecule has 1 aliphatic rings. The quantitative estimate of drug-likeness (QED) is 0.586. The zero-order valence-corrected chi connectivity index (χ0v) is 16.9. The molecule has 2 heterocycles. The van der Waals surface area contributed by atoms with Crippen molar-refractivity contribution in [3.63, 3.8) is 0 Å². The number of amides is 1. The number of rotatable bonds is 8. The van der Waals surface area contributed by atoms with Crippen LogP contribution in [0.3, 0.4) is 0 Å². The molecule has 29 heavy (non-hydrogen) atoms. The number of benzene rings is 1. The van der Waals surface area contributed by atoms with Crippen molar-refractivity contribution >= 4 is 17.4 Å². The van der Waals surface area contributed by atoms with Gasteiger partial charge in [0.2, 0.25) is 0 Å². The van der Waals surface area contributed by atoms with E-state index in [9.17, 15) is 14.4 Å². The summed E-state index contributed by atoms with van der Waals surface area (Å²) < 4.78 is 1.36. The second-order valence-corrected chi connectivity index (χ2v) is 7.60. The van der Waals surface area contributed by atoms with E-state index in [1.165, 1.54) is 14.4 Å². The Morgan fingerprint density at radius 1 is 1.21 bits per heavy atom. The van der Waals surface area contributed by atoms with Crippen LogP contribution < -0.4 is 26.8 Å². The summed E-state index contributed by atoms with van der Waals surface area (Å²) in [6, 6.07) is 9.48. The van der Waals surface area contributed by atoms with Crippen LogP contribution in [-0.2, 0) is 17.9 Å². The highest BCUT2D eigenvalue weighted by Gasteiger charge is 2.28. The Bertz CT molecular complexity index is 945. The molecule has 8 nitrogen and oxygen atoms in total. The fraction of sp³-hybridized carbons (Fsp3) is 0.476. The molecule has 1 amide bonds. The molecule has 1 aromatic heterocycles. The Kier molecular flexibility index (Phi) is 6.87. The lowest BCUT2D eigenvalue weighted by molar-refractivity contribution is -0.878. The molecule has 0 aliphatic carbocycles. The number of carbonyl (C=O) groups excluding carboxylic acids is 1. The number of nitrogen functional groups attached to an aromatic ring is 1. The normalized spacial score (nSPS) is 14.2. The predicted octanol–water partition coefficient (Wildman–Crippen LogP) is 0.131. The summed E-state index contributed by atoms with van der Waals surface area (Å²) in [5, 5.41) is 0. The summed E-state index contributed by atoms with van der Waals surface area (Å²) >= 11 is 0. The Morgan fingerprint density at radius 3 is 2.55 bits per heavy atom. The van der Waals surface area contributed by atoms with Crippen molar-refractivity contribution < 1.29 is 9.69 Å². The first-order valence-electron chi connectivity index (χ1n) is 10.3. The smallest absolute Gasteiger partial charge is 0.330 e. The van der Waals surface area contributed by atoms with Crippen LogP contribution in [0.25, 0.3) is 0 Å².